The maximum Gasteiger partial charge on any atom is 0.320 e. The van der Waals surface area contributed by atoms with Gasteiger partial charge in [-0.2, -0.15) is 5.10 Å². The van der Waals surface area contributed by atoms with Crippen LogP contribution in [0.3, 0.4) is 0 Å². The van der Waals surface area contributed by atoms with Gasteiger partial charge in [0.1, 0.15) is 5.82 Å². The molecule has 3 N–H and O–H groups in total. The third kappa shape index (κ3) is 4.66. The molecule has 0 unspecified atom stereocenters. The van der Waals surface area contributed by atoms with E-state index in [4.69, 9.17) is 5.10 Å². The lowest BCUT2D eigenvalue weighted by Crippen LogP contribution is -2.29. The molecule has 3 aromatic rings. The van der Waals surface area contributed by atoms with Crippen molar-refractivity contribution in [3.05, 3.63) is 77.0 Å². The van der Waals surface area contributed by atoms with E-state index in [0.717, 1.165) is 28.1 Å². The average Bonchev–Trinajstić information content (AvgIpc) is 3.04. The summed E-state index contributed by atoms with van der Waals surface area (Å²) in [6.45, 7) is 8.55. The van der Waals surface area contributed by atoms with Gasteiger partial charge in [0, 0.05) is 17.5 Å². The van der Waals surface area contributed by atoms with Crippen molar-refractivity contribution in [2.45, 2.75) is 46.3 Å². The van der Waals surface area contributed by atoms with E-state index >= 15 is 0 Å². The predicted molar refractivity (Wildman–Crippen MR) is 115 cm³/mol. The van der Waals surface area contributed by atoms with Crippen LogP contribution in [0.15, 0.2) is 54.6 Å². The summed E-state index contributed by atoms with van der Waals surface area (Å²) < 4.78 is 1.77. The second-order valence-corrected chi connectivity index (χ2v) is 8.05. The van der Waals surface area contributed by atoms with Gasteiger partial charge in [-0.15, -0.1) is 0 Å². The van der Waals surface area contributed by atoms with Gasteiger partial charge >= 0.3 is 6.03 Å². The van der Waals surface area contributed by atoms with Crippen molar-refractivity contribution in [2.75, 3.05) is 5.32 Å². The number of para-hydroxylation sites is 1. The molecule has 2 aromatic carbocycles. The number of nitrogens with one attached hydrogen (secondary N) is 2. The quantitative estimate of drug-likeness (QED) is 0.606. The molecule has 1 heterocycles. The number of rotatable bonds is 5. The van der Waals surface area contributed by atoms with Gasteiger partial charge in [-0.1, -0.05) is 63.2 Å². The Balaban J connectivity index is 1.86. The first-order valence-corrected chi connectivity index (χ1v) is 9.69. The minimum atomic E-state index is -0.321. The Morgan fingerprint density at radius 2 is 1.66 bits per heavy atom. The topological polar surface area (TPSA) is 79.2 Å². The molecule has 29 heavy (non-hydrogen) atoms. The summed E-state index contributed by atoms with van der Waals surface area (Å²) in [5.74, 6) is 0.647. The number of aliphatic hydroxyl groups excluding tert-OH is 1. The molecule has 0 bridgehead atoms. The summed E-state index contributed by atoms with van der Waals surface area (Å²) >= 11 is 0. The van der Waals surface area contributed by atoms with Crippen molar-refractivity contribution < 1.29 is 9.90 Å². The number of hydrogen-bond acceptors (Lipinski definition) is 3. The first-order chi connectivity index (χ1) is 13.8. The highest BCUT2D eigenvalue weighted by Crippen LogP contribution is 2.31. The molecule has 6 heteroatoms. The molecule has 2 amide bonds. The van der Waals surface area contributed by atoms with Crippen LogP contribution < -0.4 is 10.6 Å². The fourth-order valence-electron chi connectivity index (χ4n) is 3.32. The number of amides is 2. The van der Waals surface area contributed by atoms with Gasteiger partial charge in [0.25, 0.3) is 0 Å². The molecule has 0 aliphatic carbocycles. The molecule has 152 valence electrons. The lowest BCUT2D eigenvalue weighted by Gasteiger charge is -2.16. The van der Waals surface area contributed by atoms with E-state index in [1.54, 1.807) is 4.68 Å². The van der Waals surface area contributed by atoms with Crippen molar-refractivity contribution in [1.29, 1.82) is 0 Å². The average molecular weight is 393 g/mol. The molecule has 0 radical (unpaired) electrons. The number of nitrogens with zero attached hydrogens (tertiary/aromatic N) is 2. The Morgan fingerprint density at radius 1 is 1.03 bits per heavy atom. The molecule has 6 nitrogen and oxygen atoms in total. The standard InChI is InChI=1S/C23H28N4O2/c1-16-20(23(2,3)4)26-27(19-12-6-5-7-13-19)21(16)25-22(29)24-14-17-10-8-9-11-18(17)15-28/h5-13,28H,14-15H2,1-4H3,(H2,24,25,29). The summed E-state index contributed by atoms with van der Waals surface area (Å²) in [7, 11) is 0. The highest BCUT2D eigenvalue weighted by atomic mass is 16.3. The molecule has 0 aliphatic heterocycles. The summed E-state index contributed by atoms with van der Waals surface area (Å²) in [5, 5.41) is 20.1. The molecule has 0 saturated carbocycles. The summed E-state index contributed by atoms with van der Waals surface area (Å²) in [5.41, 5.74) is 4.28. The van der Waals surface area contributed by atoms with Crippen LogP contribution in [0.25, 0.3) is 5.69 Å². The SMILES string of the molecule is Cc1c(C(C)(C)C)nn(-c2ccccc2)c1NC(=O)NCc1ccccc1CO. The second kappa shape index (κ2) is 8.49. The number of carbonyl (C=O) groups is 1. The zero-order valence-electron chi connectivity index (χ0n) is 17.4. The normalized spacial score (nSPS) is 11.3. The third-order valence-electron chi connectivity index (χ3n) is 4.79. The number of urea groups is 1. The molecule has 0 fully saturated rings. The van der Waals surface area contributed by atoms with Gasteiger partial charge < -0.3 is 10.4 Å². The van der Waals surface area contributed by atoms with E-state index < -0.39 is 0 Å². The minimum absolute atomic E-state index is 0.0612. The molecule has 3 rings (SSSR count). The van der Waals surface area contributed by atoms with Gasteiger partial charge in [0.05, 0.1) is 18.0 Å². The Labute approximate surface area is 171 Å². The van der Waals surface area contributed by atoms with Crippen molar-refractivity contribution in [3.8, 4) is 5.69 Å². The highest BCUT2D eigenvalue weighted by Gasteiger charge is 2.25. The van der Waals surface area contributed by atoms with E-state index in [2.05, 4.69) is 31.4 Å². The Kier molecular flexibility index (Phi) is 6.03. The van der Waals surface area contributed by atoms with E-state index in [1.807, 2.05) is 61.5 Å². The van der Waals surface area contributed by atoms with Gasteiger partial charge in [-0.3, -0.25) is 5.32 Å². The van der Waals surface area contributed by atoms with Gasteiger partial charge in [0.15, 0.2) is 0 Å². The van der Waals surface area contributed by atoms with Gasteiger partial charge in [-0.25, -0.2) is 9.48 Å². The number of aromatic nitrogens is 2. The molecule has 1 aromatic heterocycles. The molecular formula is C23H28N4O2. The summed E-state index contributed by atoms with van der Waals surface area (Å²) in [4.78, 5) is 12.7. The van der Waals surface area contributed by atoms with Crippen molar-refractivity contribution in [3.63, 3.8) is 0 Å². The maximum atomic E-state index is 12.7. The van der Waals surface area contributed by atoms with Crippen LogP contribution >= 0.6 is 0 Å². The van der Waals surface area contributed by atoms with E-state index in [-0.39, 0.29) is 18.1 Å². The van der Waals surface area contributed by atoms with E-state index in [9.17, 15) is 9.90 Å². The van der Waals surface area contributed by atoms with Gasteiger partial charge in [-0.05, 0) is 30.2 Å². The lowest BCUT2D eigenvalue weighted by molar-refractivity contribution is 0.251. The van der Waals surface area contributed by atoms with Crippen molar-refractivity contribution in [1.82, 2.24) is 15.1 Å². The summed E-state index contributed by atoms with van der Waals surface area (Å²) in [6, 6.07) is 16.9. The Morgan fingerprint density at radius 3 is 2.28 bits per heavy atom. The molecule has 0 spiro atoms. The fraction of sp³-hybridized carbons (Fsp3) is 0.304. The summed E-state index contributed by atoms with van der Waals surface area (Å²) in [6.07, 6.45) is 0. The first-order valence-electron chi connectivity index (χ1n) is 9.69. The number of aliphatic hydroxyl groups is 1. The lowest BCUT2D eigenvalue weighted by atomic mass is 9.90. The van der Waals surface area contributed by atoms with Crippen LogP contribution in [0, 0.1) is 6.92 Å². The van der Waals surface area contributed by atoms with Crippen molar-refractivity contribution >= 4 is 11.8 Å². The highest BCUT2D eigenvalue weighted by molar-refractivity contribution is 5.89. The number of benzene rings is 2. The molecule has 0 aliphatic rings. The van der Waals surface area contributed by atoms with Gasteiger partial charge in [0.2, 0.25) is 0 Å². The Hall–Kier alpha value is -3.12. The van der Waals surface area contributed by atoms with Crippen LogP contribution in [0.5, 0.6) is 0 Å². The second-order valence-electron chi connectivity index (χ2n) is 8.05. The smallest absolute Gasteiger partial charge is 0.320 e. The number of hydrogen-bond donors (Lipinski definition) is 3. The monoisotopic (exact) mass is 392 g/mol. The molecule has 0 atom stereocenters. The van der Waals surface area contributed by atoms with Crippen LogP contribution in [0.1, 0.15) is 43.2 Å². The minimum Gasteiger partial charge on any atom is -0.392 e. The van der Waals surface area contributed by atoms with E-state index in [1.165, 1.54) is 0 Å². The largest absolute Gasteiger partial charge is 0.392 e. The maximum absolute atomic E-state index is 12.7. The predicted octanol–water partition coefficient (Wildman–Crippen LogP) is 4.29. The Bertz CT molecular complexity index is 988. The molecular weight excluding hydrogens is 364 g/mol. The van der Waals surface area contributed by atoms with Crippen molar-refractivity contribution in [2.24, 2.45) is 0 Å². The number of anilines is 1. The fourth-order valence-corrected chi connectivity index (χ4v) is 3.32. The zero-order valence-corrected chi connectivity index (χ0v) is 17.4. The van der Waals surface area contributed by atoms with Crippen LogP contribution in [-0.2, 0) is 18.6 Å². The zero-order chi connectivity index (χ0) is 21.0. The number of carbonyl (C=O) groups excluding carboxylic acids is 1. The van der Waals surface area contributed by atoms with Crippen LogP contribution in [0.2, 0.25) is 0 Å². The van der Waals surface area contributed by atoms with E-state index in [0.29, 0.717) is 12.4 Å². The third-order valence-corrected chi connectivity index (χ3v) is 4.79. The molecule has 0 saturated heterocycles. The van der Waals surface area contributed by atoms with Crippen LogP contribution in [0.4, 0.5) is 10.6 Å². The first kappa shape index (κ1) is 20.6. The van der Waals surface area contributed by atoms with Crippen LogP contribution in [-0.4, -0.2) is 20.9 Å².